The van der Waals surface area contributed by atoms with E-state index in [1.54, 1.807) is 0 Å². The molecular weight excluding hydrogens is 425 g/mol. The van der Waals surface area contributed by atoms with Crippen LogP contribution in [0.25, 0.3) is 11.1 Å². The normalized spacial score (nSPS) is 15.3. The Morgan fingerprint density at radius 2 is 1.77 bits per heavy atom. The smallest absolute Gasteiger partial charge is 0.162 e. The number of ketones is 1. The Morgan fingerprint density at radius 3 is 2.58 bits per heavy atom. The summed E-state index contributed by atoms with van der Waals surface area (Å²) in [6.07, 6.45) is 3.51. The van der Waals surface area contributed by atoms with Gasteiger partial charge in [0.2, 0.25) is 0 Å². The molecule has 3 aromatic carbocycles. The highest BCUT2D eigenvalue weighted by atomic mass is 35.5. The number of carbonyl (C=O) groups excluding carboxylic acids is 1. The lowest BCUT2D eigenvalue weighted by Gasteiger charge is -2.16. The van der Waals surface area contributed by atoms with E-state index in [9.17, 15) is 4.79 Å². The summed E-state index contributed by atoms with van der Waals surface area (Å²) in [6, 6.07) is 20.3. The minimum absolute atomic E-state index is 0.202. The minimum Gasteiger partial charge on any atom is -0.309 e. The van der Waals surface area contributed by atoms with Gasteiger partial charge in [-0.3, -0.25) is 4.79 Å². The van der Waals surface area contributed by atoms with Gasteiger partial charge < -0.3 is 4.90 Å². The third-order valence-corrected chi connectivity index (χ3v) is 6.66. The van der Waals surface area contributed by atoms with Crippen LogP contribution in [0.2, 0.25) is 10.0 Å². The number of hydrogen-bond acceptors (Lipinski definition) is 2. The number of nitrogens with zero attached hydrogens (tertiary/aromatic N) is 1. The van der Waals surface area contributed by atoms with Crippen molar-refractivity contribution in [2.75, 3.05) is 20.6 Å². The summed E-state index contributed by atoms with van der Waals surface area (Å²) < 4.78 is 0. The Labute approximate surface area is 194 Å². The highest BCUT2D eigenvalue weighted by Gasteiger charge is 2.26. The average molecular weight is 452 g/mol. The van der Waals surface area contributed by atoms with Crippen LogP contribution in [-0.2, 0) is 6.42 Å². The topological polar surface area (TPSA) is 20.3 Å². The number of halogens is 2. The molecule has 4 heteroatoms. The second kappa shape index (κ2) is 9.56. The largest absolute Gasteiger partial charge is 0.309 e. The Kier molecular flexibility index (Phi) is 6.81. The van der Waals surface area contributed by atoms with E-state index in [2.05, 4.69) is 29.2 Å². The van der Waals surface area contributed by atoms with Crippen molar-refractivity contribution in [3.8, 4) is 11.1 Å². The number of carbonyl (C=O) groups is 1. The van der Waals surface area contributed by atoms with Crippen LogP contribution in [0.1, 0.15) is 52.2 Å². The highest BCUT2D eigenvalue weighted by molar-refractivity contribution is 6.33. The summed E-state index contributed by atoms with van der Waals surface area (Å²) in [6.45, 7) is 0.920. The molecule has 1 aliphatic carbocycles. The van der Waals surface area contributed by atoms with Gasteiger partial charge in [-0.25, -0.2) is 0 Å². The molecule has 0 aliphatic heterocycles. The van der Waals surface area contributed by atoms with Gasteiger partial charge in [0.25, 0.3) is 0 Å². The van der Waals surface area contributed by atoms with Gasteiger partial charge in [0.15, 0.2) is 5.78 Å². The summed E-state index contributed by atoms with van der Waals surface area (Å²) in [5.41, 5.74) is 6.75. The lowest BCUT2D eigenvalue weighted by Crippen LogP contribution is -2.14. The number of hydrogen-bond donors (Lipinski definition) is 0. The minimum atomic E-state index is 0.202. The van der Waals surface area contributed by atoms with Crippen molar-refractivity contribution in [2.24, 2.45) is 0 Å². The van der Waals surface area contributed by atoms with E-state index < -0.39 is 0 Å². The van der Waals surface area contributed by atoms with E-state index in [-0.39, 0.29) is 11.7 Å². The van der Waals surface area contributed by atoms with Crippen molar-refractivity contribution in [3.63, 3.8) is 0 Å². The van der Waals surface area contributed by atoms with E-state index in [0.29, 0.717) is 11.4 Å². The fourth-order valence-corrected chi connectivity index (χ4v) is 4.89. The molecule has 4 rings (SSSR count). The van der Waals surface area contributed by atoms with Gasteiger partial charge in [-0.15, -0.1) is 0 Å². The first-order valence-corrected chi connectivity index (χ1v) is 11.5. The zero-order chi connectivity index (χ0) is 22.0. The van der Waals surface area contributed by atoms with Gasteiger partial charge in [-0.05, 0) is 92.0 Å². The van der Waals surface area contributed by atoms with Crippen LogP contribution in [0.15, 0.2) is 60.7 Å². The first-order valence-electron chi connectivity index (χ1n) is 10.8. The van der Waals surface area contributed by atoms with E-state index in [0.717, 1.165) is 53.1 Å². The van der Waals surface area contributed by atoms with Gasteiger partial charge in [0.1, 0.15) is 0 Å². The fourth-order valence-electron chi connectivity index (χ4n) is 4.46. The summed E-state index contributed by atoms with van der Waals surface area (Å²) in [5.74, 6) is 0.449. The van der Waals surface area contributed by atoms with E-state index in [1.165, 1.54) is 11.1 Å². The lowest BCUT2D eigenvalue weighted by atomic mass is 9.90. The predicted molar refractivity (Wildman–Crippen MR) is 131 cm³/mol. The molecule has 0 spiro atoms. The van der Waals surface area contributed by atoms with Crippen molar-refractivity contribution in [3.05, 3.63) is 93.0 Å². The molecule has 0 amide bonds. The number of fused-ring (bicyclic) bond motifs is 1. The van der Waals surface area contributed by atoms with E-state index in [1.807, 2.05) is 50.5 Å². The SMILES string of the molecule is CN(C)CCCC(=O)c1cccc(-c2ccc3c(c2)C(c2cc(Cl)ccc2Cl)CC3)c1. The Bertz CT molecular complexity index is 1110. The first kappa shape index (κ1) is 22.1. The van der Waals surface area contributed by atoms with Crippen LogP contribution in [0.5, 0.6) is 0 Å². The van der Waals surface area contributed by atoms with Gasteiger partial charge in [-0.2, -0.15) is 0 Å². The van der Waals surface area contributed by atoms with Crippen LogP contribution in [0, 0.1) is 0 Å². The molecule has 0 heterocycles. The number of Topliss-reactive ketones (excluding diaryl/α,β-unsaturated/α-hetero) is 1. The maximum Gasteiger partial charge on any atom is 0.162 e. The van der Waals surface area contributed by atoms with Gasteiger partial charge in [-0.1, -0.05) is 59.6 Å². The zero-order valence-corrected chi connectivity index (χ0v) is 19.5. The van der Waals surface area contributed by atoms with Crippen LogP contribution in [0.4, 0.5) is 0 Å². The fraction of sp³-hybridized carbons (Fsp3) is 0.296. The number of benzene rings is 3. The summed E-state index contributed by atoms with van der Waals surface area (Å²) in [7, 11) is 4.06. The summed E-state index contributed by atoms with van der Waals surface area (Å²) in [4.78, 5) is 14.8. The third kappa shape index (κ3) is 5.03. The molecular formula is C27H27Cl2NO. The molecule has 1 unspecified atom stereocenters. The third-order valence-electron chi connectivity index (χ3n) is 6.08. The number of rotatable bonds is 7. The Balaban J connectivity index is 1.61. The molecule has 0 N–H and O–H groups in total. The second-order valence-corrected chi connectivity index (χ2v) is 9.43. The molecule has 0 saturated heterocycles. The van der Waals surface area contributed by atoms with Crippen molar-refractivity contribution in [2.45, 2.75) is 31.6 Å². The zero-order valence-electron chi connectivity index (χ0n) is 18.0. The molecule has 3 aromatic rings. The van der Waals surface area contributed by atoms with Crippen LogP contribution >= 0.6 is 23.2 Å². The molecule has 31 heavy (non-hydrogen) atoms. The van der Waals surface area contributed by atoms with Crippen LogP contribution in [0.3, 0.4) is 0 Å². The lowest BCUT2D eigenvalue weighted by molar-refractivity contribution is 0.0977. The number of aryl methyl sites for hydroxylation is 1. The Hall–Kier alpha value is -2.13. The van der Waals surface area contributed by atoms with Gasteiger partial charge >= 0.3 is 0 Å². The van der Waals surface area contributed by atoms with Crippen molar-refractivity contribution >= 4 is 29.0 Å². The summed E-state index contributed by atoms with van der Waals surface area (Å²) >= 11 is 12.8. The van der Waals surface area contributed by atoms with Gasteiger partial charge in [0, 0.05) is 27.9 Å². The highest BCUT2D eigenvalue weighted by Crippen LogP contribution is 2.43. The molecule has 0 saturated carbocycles. The molecule has 2 nitrogen and oxygen atoms in total. The van der Waals surface area contributed by atoms with Crippen molar-refractivity contribution in [1.82, 2.24) is 4.90 Å². The maximum absolute atomic E-state index is 12.7. The summed E-state index contributed by atoms with van der Waals surface area (Å²) in [5, 5.41) is 1.47. The molecule has 0 bridgehead atoms. The van der Waals surface area contributed by atoms with E-state index in [4.69, 9.17) is 23.2 Å². The molecule has 0 radical (unpaired) electrons. The predicted octanol–water partition coefficient (Wildman–Crippen LogP) is 7.26. The monoisotopic (exact) mass is 451 g/mol. The molecule has 0 aromatic heterocycles. The van der Waals surface area contributed by atoms with E-state index >= 15 is 0 Å². The van der Waals surface area contributed by atoms with Gasteiger partial charge in [0.05, 0.1) is 0 Å². The quantitative estimate of drug-likeness (QED) is 0.352. The van der Waals surface area contributed by atoms with Crippen molar-refractivity contribution < 1.29 is 4.79 Å². The first-order chi connectivity index (χ1) is 14.9. The van der Waals surface area contributed by atoms with Crippen LogP contribution < -0.4 is 0 Å². The molecule has 1 atom stereocenters. The Morgan fingerprint density at radius 1 is 0.968 bits per heavy atom. The molecule has 160 valence electrons. The van der Waals surface area contributed by atoms with Crippen LogP contribution in [-0.4, -0.2) is 31.3 Å². The standard InChI is InChI=1S/C27H27Cl2NO/c1-30(2)14-4-7-27(31)21-6-3-5-19(15-21)20-9-8-18-10-12-23(24(18)16-20)25-17-22(28)11-13-26(25)29/h3,5-6,8-9,11,13,15-17,23H,4,7,10,12,14H2,1-2H3. The average Bonchev–Trinajstić information content (AvgIpc) is 3.18. The molecule has 1 aliphatic rings. The molecule has 0 fully saturated rings. The maximum atomic E-state index is 12.7. The second-order valence-electron chi connectivity index (χ2n) is 8.58. The van der Waals surface area contributed by atoms with Crippen molar-refractivity contribution in [1.29, 1.82) is 0 Å².